The van der Waals surface area contributed by atoms with Crippen molar-refractivity contribution in [3.05, 3.63) is 0 Å². The van der Waals surface area contributed by atoms with Gasteiger partial charge in [0.1, 0.15) is 0 Å². The van der Waals surface area contributed by atoms with Crippen LogP contribution in [0.1, 0.15) is 12.8 Å². The molecule has 0 rings (SSSR count). The second-order valence-corrected chi connectivity index (χ2v) is 4.55. The second-order valence-electron chi connectivity index (χ2n) is 4.55. The average Bonchev–Trinajstić information content (AvgIpc) is 2.42. The zero-order valence-electron chi connectivity index (χ0n) is 12.5. The number of amides is 2. The van der Waals surface area contributed by atoms with Gasteiger partial charge < -0.3 is 15.0 Å². The lowest BCUT2D eigenvalue weighted by Gasteiger charge is -2.19. The van der Waals surface area contributed by atoms with Crippen molar-refractivity contribution in [1.82, 2.24) is 15.1 Å². The molecular formula is C13H24N4O3. The number of likely N-dealkylation sites (N-methyl/N-ethyl adjacent to an activating group) is 1. The fraction of sp³-hybridized carbons (Fsp3) is 0.769. The summed E-state index contributed by atoms with van der Waals surface area (Å²) in [4.78, 5) is 26.6. The summed E-state index contributed by atoms with van der Waals surface area (Å²) < 4.78 is 4.83. The van der Waals surface area contributed by atoms with Gasteiger partial charge in [-0.2, -0.15) is 5.26 Å². The predicted octanol–water partition coefficient (Wildman–Crippen LogP) is -0.557. The molecule has 0 unspecified atom stereocenters. The minimum atomic E-state index is -0.0881. The molecule has 0 aliphatic heterocycles. The molecule has 0 aliphatic carbocycles. The molecule has 0 saturated carbocycles. The number of rotatable bonds is 10. The Morgan fingerprint density at radius 3 is 2.60 bits per heavy atom. The molecule has 0 aromatic carbocycles. The van der Waals surface area contributed by atoms with Crippen LogP contribution in [0.2, 0.25) is 0 Å². The Labute approximate surface area is 120 Å². The minimum absolute atomic E-state index is 0.0214. The molecule has 0 atom stereocenters. The molecule has 114 valence electrons. The number of ether oxygens (including phenoxy) is 1. The van der Waals surface area contributed by atoms with Crippen molar-refractivity contribution >= 4 is 11.8 Å². The summed E-state index contributed by atoms with van der Waals surface area (Å²) in [7, 11) is 5.04. The summed E-state index contributed by atoms with van der Waals surface area (Å²) in [6, 6.07) is 2.00. The van der Waals surface area contributed by atoms with Gasteiger partial charge in [-0.3, -0.25) is 14.5 Å². The van der Waals surface area contributed by atoms with E-state index in [1.807, 2.05) is 6.07 Å². The highest BCUT2D eigenvalue weighted by atomic mass is 16.5. The monoisotopic (exact) mass is 284 g/mol. The molecule has 0 heterocycles. The predicted molar refractivity (Wildman–Crippen MR) is 74.9 cm³/mol. The van der Waals surface area contributed by atoms with Crippen LogP contribution in [-0.4, -0.2) is 75.6 Å². The van der Waals surface area contributed by atoms with E-state index in [-0.39, 0.29) is 18.4 Å². The molecule has 0 aliphatic rings. The topological polar surface area (TPSA) is 85.7 Å². The second kappa shape index (κ2) is 11.2. The molecule has 0 aromatic rings. The Balaban J connectivity index is 3.81. The summed E-state index contributed by atoms with van der Waals surface area (Å²) in [5, 5.41) is 11.2. The number of hydrogen-bond acceptors (Lipinski definition) is 5. The fourth-order valence-corrected chi connectivity index (χ4v) is 1.49. The van der Waals surface area contributed by atoms with Gasteiger partial charge in [-0.1, -0.05) is 0 Å². The molecule has 0 aromatic heterocycles. The number of nitrogens with one attached hydrogen (secondary N) is 1. The van der Waals surface area contributed by atoms with Crippen molar-refractivity contribution < 1.29 is 14.3 Å². The zero-order valence-corrected chi connectivity index (χ0v) is 12.5. The van der Waals surface area contributed by atoms with Gasteiger partial charge in [0.05, 0.1) is 25.6 Å². The summed E-state index contributed by atoms with van der Waals surface area (Å²) in [5.74, 6) is -0.110. The molecule has 2 amide bonds. The maximum atomic E-state index is 11.7. The highest BCUT2D eigenvalue weighted by Gasteiger charge is 2.11. The van der Waals surface area contributed by atoms with Gasteiger partial charge in [-0.05, 0) is 7.05 Å². The molecule has 20 heavy (non-hydrogen) atoms. The van der Waals surface area contributed by atoms with Gasteiger partial charge in [0.2, 0.25) is 11.8 Å². The lowest BCUT2D eigenvalue weighted by molar-refractivity contribution is -0.130. The maximum Gasteiger partial charge on any atom is 0.234 e. The van der Waals surface area contributed by atoms with Gasteiger partial charge in [0.15, 0.2) is 0 Å². The van der Waals surface area contributed by atoms with Crippen LogP contribution in [0.25, 0.3) is 0 Å². The number of hydrogen-bond donors (Lipinski definition) is 1. The number of methoxy groups -OCH3 is 1. The van der Waals surface area contributed by atoms with E-state index < -0.39 is 0 Å². The molecule has 0 saturated heterocycles. The van der Waals surface area contributed by atoms with Gasteiger partial charge in [-0.25, -0.2) is 0 Å². The Morgan fingerprint density at radius 1 is 1.30 bits per heavy atom. The Kier molecular flexibility index (Phi) is 10.3. The van der Waals surface area contributed by atoms with Crippen molar-refractivity contribution in [3.8, 4) is 6.07 Å². The molecule has 7 nitrogen and oxygen atoms in total. The first-order valence-corrected chi connectivity index (χ1v) is 6.56. The Hall–Kier alpha value is -1.65. The lowest BCUT2D eigenvalue weighted by atomic mass is 10.3. The highest BCUT2D eigenvalue weighted by Crippen LogP contribution is 1.95. The van der Waals surface area contributed by atoms with Gasteiger partial charge in [-0.15, -0.1) is 0 Å². The van der Waals surface area contributed by atoms with Crippen LogP contribution in [0, 0.1) is 11.3 Å². The van der Waals surface area contributed by atoms with Crippen LogP contribution < -0.4 is 5.32 Å². The van der Waals surface area contributed by atoms with Crippen LogP contribution in [0.15, 0.2) is 0 Å². The van der Waals surface area contributed by atoms with E-state index in [1.165, 1.54) is 4.90 Å². The lowest BCUT2D eigenvalue weighted by Crippen LogP contribution is -2.38. The van der Waals surface area contributed by atoms with Gasteiger partial charge >= 0.3 is 0 Å². The number of nitrogens with zero attached hydrogens (tertiary/aromatic N) is 3. The van der Waals surface area contributed by atoms with Gasteiger partial charge in [0.25, 0.3) is 0 Å². The quantitative estimate of drug-likeness (QED) is 0.544. The molecule has 0 bridgehead atoms. The Morgan fingerprint density at radius 2 is 2.00 bits per heavy atom. The summed E-state index contributed by atoms with van der Waals surface area (Å²) >= 11 is 0. The van der Waals surface area contributed by atoms with Crippen molar-refractivity contribution in [1.29, 1.82) is 5.26 Å². The van der Waals surface area contributed by atoms with E-state index in [4.69, 9.17) is 10.00 Å². The summed E-state index contributed by atoms with van der Waals surface area (Å²) in [6.07, 6.45) is 0.670. The fourth-order valence-electron chi connectivity index (χ4n) is 1.49. The SMILES string of the molecule is COCCNC(=O)CN(C)CCC(=O)N(C)CCC#N. The van der Waals surface area contributed by atoms with Crippen LogP contribution in [0.3, 0.4) is 0 Å². The van der Waals surface area contributed by atoms with Crippen molar-refractivity contribution in [2.45, 2.75) is 12.8 Å². The number of nitriles is 1. The van der Waals surface area contributed by atoms with Gasteiger partial charge in [0, 0.05) is 40.2 Å². The highest BCUT2D eigenvalue weighted by molar-refractivity contribution is 5.78. The first-order valence-electron chi connectivity index (χ1n) is 6.56. The number of carbonyl (C=O) groups is 2. The Bertz CT molecular complexity index is 341. The van der Waals surface area contributed by atoms with Crippen LogP contribution in [-0.2, 0) is 14.3 Å². The first kappa shape index (κ1) is 18.4. The van der Waals surface area contributed by atoms with E-state index in [0.717, 1.165) is 0 Å². The normalized spacial score (nSPS) is 10.2. The molecular weight excluding hydrogens is 260 g/mol. The van der Waals surface area contributed by atoms with E-state index in [2.05, 4.69) is 5.32 Å². The summed E-state index contributed by atoms with van der Waals surface area (Å²) in [6.45, 7) is 2.17. The number of carbonyl (C=O) groups excluding carboxylic acids is 2. The third-order valence-electron chi connectivity index (χ3n) is 2.73. The first-order chi connectivity index (χ1) is 9.51. The standard InChI is InChI=1S/C13H24N4O3/c1-16(11-12(18)15-7-10-20-3)9-5-13(19)17(2)8-4-6-14/h4-5,7-11H2,1-3H3,(H,15,18). The smallest absolute Gasteiger partial charge is 0.234 e. The molecule has 1 N–H and O–H groups in total. The maximum absolute atomic E-state index is 11.7. The van der Waals surface area contributed by atoms with Crippen molar-refractivity contribution in [2.75, 3.05) is 54.0 Å². The third-order valence-corrected chi connectivity index (χ3v) is 2.73. The molecule has 0 spiro atoms. The van der Waals surface area contributed by atoms with E-state index in [9.17, 15) is 9.59 Å². The molecule has 7 heteroatoms. The molecule has 0 fully saturated rings. The minimum Gasteiger partial charge on any atom is -0.383 e. The largest absolute Gasteiger partial charge is 0.383 e. The van der Waals surface area contributed by atoms with Crippen LogP contribution in [0.5, 0.6) is 0 Å². The van der Waals surface area contributed by atoms with Crippen molar-refractivity contribution in [3.63, 3.8) is 0 Å². The zero-order chi connectivity index (χ0) is 15.4. The summed E-state index contributed by atoms with van der Waals surface area (Å²) in [5.41, 5.74) is 0. The van der Waals surface area contributed by atoms with E-state index in [1.54, 1.807) is 26.1 Å². The molecule has 0 radical (unpaired) electrons. The third kappa shape index (κ3) is 9.30. The average molecular weight is 284 g/mol. The van der Waals surface area contributed by atoms with Crippen LogP contribution in [0.4, 0.5) is 0 Å². The van der Waals surface area contributed by atoms with Crippen molar-refractivity contribution in [2.24, 2.45) is 0 Å². The van der Waals surface area contributed by atoms with Crippen LogP contribution >= 0.6 is 0 Å². The van der Waals surface area contributed by atoms with E-state index >= 15 is 0 Å². The van der Waals surface area contributed by atoms with E-state index in [0.29, 0.717) is 39.1 Å².